The van der Waals surface area contributed by atoms with E-state index in [-0.39, 0.29) is 5.91 Å². The van der Waals surface area contributed by atoms with Gasteiger partial charge in [0.25, 0.3) is 0 Å². The molecule has 1 aromatic rings. The lowest BCUT2D eigenvalue weighted by Gasteiger charge is -2.19. The molecule has 0 spiro atoms. The van der Waals surface area contributed by atoms with Crippen molar-refractivity contribution in [2.45, 2.75) is 45.2 Å². The smallest absolute Gasteiger partial charge is 0.221 e. The molecule has 21 heavy (non-hydrogen) atoms. The molecular formula is C17H27N3O. The summed E-state index contributed by atoms with van der Waals surface area (Å²) < 4.78 is 0. The SMILES string of the molecule is NCCC(=O)NCc1ccc(CN2CCCCCC2)cc1. The summed E-state index contributed by atoms with van der Waals surface area (Å²) in [5.74, 6) is 0.0196. The maximum absolute atomic E-state index is 11.4. The molecule has 1 aliphatic rings. The number of carbonyl (C=O) groups excluding carboxylic acids is 1. The number of nitrogens with zero attached hydrogens (tertiary/aromatic N) is 1. The lowest BCUT2D eigenvalue weighted by Crippen LogP contribution is -2.25. The summed E-state index contributed by atoms with van der Waals surface area (Å²) in [6, 6.07) is 8.57. The molecular weight excluding hydrogens is 262 g/mol. The van der Waals surface area contributed by atoms with Crippen molar-refractivity contribution in [2.24, 2.45) is 5.73 Å². The number of hydrogen-bond acceptors (Lipinski definition) is 3. The second kappa shape index (κ2) is 8.80. The van der Waals surface area contributed by atoms with Crippen molar-refractivity contribution in [3.8, 4) is 0 Å². The molecule has 1 amide bonds. The van der Waals surface area contributed by atoms with E-state index in [4.69, 9.17) is 5.73 Å². The minimum absolute atomic E-state index is 0.0196. The summed E-state index contributed by atoms with van der Waals surface area (Å²) in [5, 5.41) is 2.88. The van der Waals surface area contributed by atoms with Gasteiger partial charge in [-0.3, -0.25) is 9.69 Å². The van der Waals surface area contributed by atoms with Crippen LogP contribution in [0, 0.1) is 0 Å². The van der Waals surface area contributed by atoms with Gasteiger partial charge in [-0.25, -0.2) is 0 Å². The summed E-state index contributed by atoms with van der Waals surface area (Å²) in [6.07, 6.45) is 5.79. The fourth-order valence-corrected chi connectivity index (χ4v) is 2.74. The third-order valence-electron chi connectivity index (χ3n) is 3.99. The van der Waals surface area contributed by atoms with Crippen LogP contribution in [0.2, 0.25) is 0 Å². The summed E-state index contributed by atoms with van der Waals surface area (Å²) in [6.45, 7) is 4.47. The van der Waals surface area contributed by atoms with Crippen molar-refractivity contribution in [1.82, 2.24) is 10.2 Å². The molecule has 0 atom stereocenters. The van der Waals surface area contributed by atoms with Crippen LogP contribution in [-0.4, -0.2) is 30.4 Å². The van der Waals surface area contributed by atoms with Crippen LogP contribution in [0.3, 0.4) is 0 Å². The maximum atomic E-state index is 11.4. The maximum Gasteiger partial charge on any atom is 0.221 e. The predicted molar refractivity (Wildman–Crippen MR) is 85.7 cm³/mol. The Morgan fingerprint density at radius 3 is 2.29 bits per heavy atom. The van der Waals surface area contributed by atoms with E-state index < -0.39 is 0 Å². The molecule has 0 aromatic heterocycles. The molecule has 0 aliphatic carbocycles. The highest BCUT2D eigenvalue weighted by Crippen LogP contribution is 2.13. The molecule has 4 nitrogen and oxygen atoms in total. The molecule has 0 saturated carbocycles. The molecule has 0 unspecified atom stereocenters. The van der Waals surface area contributed by atoms with E-state index in [1.54, 1.807) is 0 Å². The van der Waals surface area contributed by atoms with Gasteiger partial charge in [-0.2, -0.15) is 0 Å². The van der Waals surface area contributed by atoms with Crippen molar-refractivity contribution in [3.05, 3.63) is 35.4 Å². The van der Waals surface area contributed by atoms with Crippen molar-refractivity contribution in [2.75, 3.05) is 19.6 Å². The number of hydrogen-bond donors (Lipinski definition) is 2. The fourth-order valence-electron chi connectivity index (χ4n) is 2.74. The van der Waals surface area contributed by atoms with Gasteiger partial charge in [0.2, 0.25) is 5.91 Å². The van der Waals surface area contributed by atoms with Crippen molar-refractivity contribution in [1.29, 1.82) is 0 Å². The number of nitrogens with two attached hydrogens (primary N) is 1. The number of likely N-dealkylation sites (tertiary alicyclic amines) is 1. The van der Waals surface area contributed by atoms with Gasteiger partial charge in [-0.05, 0) is 37.1 Å². The van der Waals surface area contributed by atoms with E-state index in [1.165, 1.54) is 44.3 Å². The largest absolute Gasteiger partial charge is 0.352 e. The summed E-state index contributed by atoms with van der Waals surface area (Å²) in [5.41, 5.74) is 7.85. The number of rotatable bonds is 6. The first-order valence-corrected chi connectivity index (χ1v) is 8.05. The molecule has 116 valence electrons. The zero-order valence-corrected chi connectivity index (χ0v) is 12.8. The van der Waals surface area contributed by atoms with Crippen LogP contribution in [0.1, 0.15) is 43.2 Å². The third kappa shape index (κ3) is 5.86. The standard InChI is InChI=1S/C17H27N3O/c18-10-9-17(21)19-13-15-5-7-16(8-6-15)14-20-11-3-1-2-4-12-20/h5-8H,1-4,9-14,18H2,(H,19,21). The molecule has 1 aromatic carbocycles. The van der Waals surface area contributed by atoms with Gasteiger partial charge in [0.1, 0.15) is 0 Å². The number of nitrogens with one attached hydrogen (secondary N) is 1. The molecule has 1 saturated heterocycles. The van der Waals surface area contributed by atoms with E-state index in [0.717, 1.165) is 12.1 Å². The summed E-state index contributed by atoms with van der Waals surface area (Å²) >= 11 is 0. The Morgan fingerprint density at radius 2 is 1.67 bits per heavy atom. The lowest BCUT2D eigenvalue weighted by molar-refractivity contribution is -0.121. The zero-order chi connectivity index (χ0) is 14.9. The average Bonchev–Trinajstić information content (AvgIpc) is 2.76. The molecule has 4 heteroatoms. The van der Waals surface area contributed by atoms with Crippen molar-refractivity contribution in [3.63, 3.8) is 0 Å². The lowest BCUT2D eigenvalue weighted by atomic mass is 10.1. The zero-order valence-electron chi connectivity index (χ0n) is 12.8. The third-order valence-corrected chi connectivity index (χ3v) is 3.99. The van der Waals surface area contributed by atoms with Crippen LogP contribution in [0.5, 0.6) is 0 Å². The fraction of sp³-hybridized carbons (Fsp3) is 0.588. The molecule has 1 aliphatic heterocycles. The highest BCUT2D eigenvalue weighted by atomic mass is 16.1. The monoisotopic (exact) mass is 289 g/mol. The van der Waals surface area contributed by atoms with E-state index in [9.17, 15) is 4.79 Å². The quantitative estimate of drug-likeness (QED) is 0.842. The molecule has 1 fully saturated rings. The van der Waals surface area contributed by atoms with E-state index >= 15 is 0 Å². The Kier molecular flexibility index (Phi) is 6.70. The van der Waals surface area contributed by atoms with Crippen LogP contribution >= 0.6 is 0 Å². The second-order valence-electron chi connectivity index (χ2n) is 5.82. The number of benzene rings is 1. The Bertz CT molecular complexity index is 422. The van der Waals surface area contributed by atoms with Gasteiger partial charge in [0, 0.05) is 26.1 Å². The molecule has 0 radical (unpaired) electrons. The van der Waals surface area contributed by atoms with Gasteiger partial charge in [-0.1, -0.05) is 37.1 Å². The Balaban J connectivity index is 1.79. The summed E-state index contributed by atoms with van der Waals surface area (Å²) in [4.78, 5) is 13.9. The minimum atomic E-state index is 0.0196. The highest BCUT2D eigenvalue weighted by Gasteiger charge is 2.09. The molecule has 0 bridgehead atoms. The van der Waals surface area contributed by atoms with E-state index in [1.807, 2.05) is 0 Å². The average molecular weight is 289 g/mol. The van der Waals surface area contributed by atoms with Crippen molar-refractivity contribution < 1.29 is 4.79 Å². The molecule has 1 heterocycles. The van der Waals surface area contributed by atoms with Crippen molar-refractivity contribution >= 4 is 5.91 Å². The first kappa shape index (κ1) is 16.0. The van der Waals surface area contributed by atoms with E-state index in [2.05, 4.69) is 34.5 Å². The number of carbonyl (C=O) groups is 1. The Labute approximate surface area is 127 Å². The van der Waals surface area contributed by atoms with Gasteiger partial charge in [0.15, 0.2) is 0 Å². The molecule has 3 N–H and O–H groups in total. The minimum Gasteiger partial charge on any atom is -0.352 e. The first-order valence-electron chi connectivity index (χ1n) is 8.05. The van der Waals surface area contributed by atoms with Crippen LogP contribution in [-0.2, 0) is 17.9 Å². The topological polar surface area (TPSA) is 58.4 Å². The van der Waals surface area contributed by atoms with Gasteiger partial charge in [0.05, 0.1) is 0 Å². The van der Waals surface area contributed by atoms with E-state index in [0.29, 0.717) is 19.5 Å². The highest BCUT2D eigenvalue weighted by molar-refractivity contribution is 5.76. The molecule has 2 rings (SSSR count). The summed E-state index contributed by atoms with van der Waals surface area (Å²) in [7, 11) is 0. The van der Waals surface area contributed by atoms with Crippen LogP contribution in [0.25, 0.3) is 0 Å². The van der Waals surface area contributed by atoms with Gasteiger partial charge >= 0.3 is 0 Å². The number of amides is 1. The predicted octanol–water partition coefficient (Wildman–Crippen LogP) is 2.03. The first-order chi connectivity index (χ1) is 10.3. The van der Waals surface area contributed by atoms with Gasteiger partial charge in [-0.15, -0.1) is 0 Å². The van der Waals surface area contributed by atoms with Crippen LogP contribution in [0.4, 0.5) is 0 Å². The van der Waals surface area contributed by atoms with Gasteiger partial charge < -0.3 is 11.1 Å². The van der Waals surface area contributed by atoms with Crippen LogP contribution in [0.15, 0.2) is 24.3 Å². The Hall–Kier alpha value is -1.39. The van der Waals surface area contributed by atoms with Crippen LogP contribution < -0.4 is 11.1 Å². The Morgan fingerprint density at radius 1 is 1.05 bits per heavy atom. The normalized spacial score (nSPS) is 16.4. The second-order valence-corrected chi connectivity index (χ2v) is 5.82.